The summed E-state index contributed by atoms with van der Waals surface area (Å²) < 4.78 is 40.7. The van der Waals surface area contributed by atoms with Gasteiger partial charge in [0.1, 0.15) is 10.7 Å². The Morgan fingerprint density at radius 2 is 1.95 bits per heavy atom. The molecule has 0 amide bonds. The number of fused-ring (bicyclic) bond motifs is 1. The van der Waals surface area contributed by atoms with Crippen LogP contribution in [0.25, 0.3) is 0 Å². The van der Waals surface area contributed by atoms with Gasteiger partial charge in [-0.3, -0.25) is 4.90 Å². The topological polar surface area (TPSA) is 60.9 Å². The van der Waals surface area contributed by atoms with Gasteiger partial charge in [-0.15, -0.1) is 0 Å². The molecule has 0 radical (unpaired) electrons. The fourth-order valence-electron chi connectivity index (χ4n) is 3.39. The van der Waals surface area contributed by atoms with Gasteiger partial charge in [-0.05, 0) is 37.9 Å². The minimum absolute atomic E-state index is 0.108. The molecular weight excluding hydrogens is 307 g/mol. The zero-order chi connectivity index (χ0) is 15.7. The molecule has 1 aromatic rings. The molecule has 5 nitrogen and oxygen atoms in total. The van der Waals surface area contributed by atoms with E-state index in [1.165, 1.54) is 28.6 Å². The Bertz CT molecular complexity index is 637. The highest BCUT2D eigenvalue weighted by Gasteiger charge is 2.41. The second kappa shape index (κ2) is 6.23. The predicted octanol–water partition coefficient (Wildman–Crippen LogP) is 1.05. The molecule has 2 saturated heterocycles. The third kappa shape index (κ3) is 2.78. The van der Waals surface area contributed by atoms with Crippen LogP contribution in [0.3, 0.4) is 0 Å². The van der Waals surface area contributed by atoms with Crippen LogP contribution >= 0.6 is 0 Å². The third-order valence-corrected chi connectivity index (χ3v) is 6.53. The molecule has 2 atom stereocenters. The lowest BCUT2D eigenvalue weighted by Crippen LogP contribution is -2.62. The maximum atomic E-state index is 13.9. The van der Waals surface area contributed by atoms with E-state index >= 15 is 0 Å². The van der Waals surface area contributed by atoms with Crippen molar-refractivity contribution in [2.75, 3.05) is 26.2 Å². The Hall–Kier alpha value is -1.02. The molecular formula is C15H21FN2O3S. The molecule has 7 heteroatoms. The maximum absolute atomic E-state index is 13.9. The van der Waals surface area contributed by atoms with Gasteiger partial charge in [0.15, 0.2) is 0 Å². The van der Waals surface area contributed by atoms with Gasteiger partial charge in [-0.25, -0.2) is 12.8 Å². The lowest BCUT2D eigenvalue weighted by molar-refractivity contribution is -0.0306. The minimum atomic E-state index is -3.81. The van der Waals surface area contributed by atoms with E-state index in [-0.39, 0.29) is 23.6 Å². The maximum Gasteiger partial charge on any atom is 0.246 e. The van der Waals surface area contributed by atoms with Gasteiger partial charge in [0.05, 0.1) is 6.61 Å². The van der Waals surface area contributed by atoms with E-state index in [4.69, 9.17) is 0 Å². The van der Waals surface area contributed by atoms with Gasteiger partial charge in [-0.2, -0.15) is 4.31 Å². The molecule has 0 saturated carbocycles. The Morgan fingerprint density at radius 3 is 2.68 bits per heavy atom. The smallest absolute Gasteiger partial charge is 0.246 e. The number of sulfonamides is 1. The second-order valence-electron chi connectivity index (χ2n) is 5.96. The van der Waals surface area contributed by atoms with E-state index < -0.39 is 15.8 Å². The molecule has 0 spiro atoms. The summed E-state index contributed by atoms with van der Waals surface area (Å²) in [6.45, 7) is 1.79. The van der Waals surface area contributed by atoms with E-state index in [0.717, 1.165) is 25.8 Å². The lowest BCUT2D eigenvalue weighted by Gasteiger charge is -2.50. The number of rotatable bonds is 3. The highest BCUT2D eigenvalue weighted by atomic mass is 32.2. The fourth-order valence-corrected chi connectivity index (χ4v) is 4.97. The lowest BCUT2D eigenvalue weighted by atomic mass is 9.92. The van der Waals surface area contributed by atoms with Crippen molar-refractivity contribution in [2.24, 2.45) is 0 Å². The van der Waals surface area contributed by atoms with Gasteiger partial charge in [-0.1, -0.05) is 12.1 Å². The number of nitrogens with zero attached hydrogens (tertiary/aromatic N) is 2. The largest absolute Gasteiger partial charge is 0.395 e. The van der Waals surface area contributed by atoms with E-state index in [2.05, 4.69) is 4.90 Å². The summed E-state index contributed by atoms with van der Waals surface area (Å²) in [6, 6.07) is 5.78. The standard InChI is InChI=1S/C15H21FN2O3S/c16-14-5-1-2-6-15(14)22(20,21)17-7-3-4-8-18-12(10-17)9-13(18)11-19/h1-2,5-6,12-13,19H,3-4,7-11H2/t12-,13+/m1/s1. The Balaban J connectivity index is 1.83. The van der Waals surface area contributed by atoms with Crippen molar-refractivity contribution >= 4 is 10.0 Å². The summed E-state index contributed by atoms with van der Waals surface area (Å²) in [6.07, 6.45) is 2.42. The molecule has 22 heavy (non-hydrogen) atoms. The summed E-state index contributed by atoms with van der Waals surface area (Å²) in [5, 5.41) is 9.30. The van der Waals surface area contributed by atoms with Crippen LogP contribution in [0.1, 0.15) is 19.3 Å². The summed E-state index contributed by atoms with van der Waals surface area (Å²) in [5.41, 5.74) is 0. The van der Waals surface area contributed by atoms with Crippen LogP contribution in [-0.2, 0) is 10.0 Å². The van der Waals surface area contributed by atoms with Crippen LogP contribution in [0, 0.1) is 5.82 Å². The van der Waals surface area contributed by atoms with Crippen molar-refractivity contribution in [3.8, 4) is 0 Å². The molecule has 3 rings (SSSR count). The normalized spacial score (nSPS) is 27.5. The van der Waals surface area contributed by atoms with Crippen LogP contribution in [0.5, 0.6) is 0 Å². The van der Waals surface area contributed by atoms with E-state index in [9.17, 15) is 17.9 Å². The number of aliphatic hydroxyl groups excluding tert-OH is 1. The predicted molar refractivity (Wildman–Crippen MR) is 80.4 cm³/mol. The van der Waals surface area contributed by atoms with Crippen LogP contribution in [-0.4, -0.2) is 61.1 Å². The number of benzene rings is 1. The molecule has 2 aliphatic heterocycles. The van der Waals surface area contributed by atoms with E-state index in [1.54, 1.807) is 0 Å². The zero-order valence-electron chi connectivity index (χ0n) is 12.4. The van der Waals surface area contributed by atoms with Gasteiger partial charge in [0.2, 0.25) is 10.0 Å². The molecule has 122 valence electrons. The Morgan fingerprint density at radius 1 is 1.23 bits per heavy atom. The zero-order valence-corrected chi connectivity index (χ0v) is 13.2. The molecule has 2 heterocycles. The first-order valence-corrected chi connectivity index (χ1v) is 9.09. The number of halogens is 1. The molecule has 0 unspecified atom stereocenters. The molecule has 0 aliphatic carbocycles. The van der Waals surface area contributed by atoms with Crippen molar-refractivity contribution in [3.05, 3.63) is 30.1 Å². The van der Waals surface area contributed by atoms with Crippen molar-refractivity contribution in [3.63, 3.8) is 0 Å². The molecule has 2 aliphatic rings. The monoisotopic (exact) mass is 328 g/mol. The van der Waals surface area contributed by atoms with Crippen LogP contribution < -0.4 is 0 Å². The van der Waals surface area contributed by atoms with Gasteiger partial charge < -0.3 is 5.11 Å². The molecule has 2 fully saturated rings. The summed E-state index contributed by atoms with van der Waals surface area (Å²) >= 11 is 0. The number of hydrogen-bond donors (Lipinski definition) is 1. The van der Waals surface area contributed by atoms with Crippen molar-refractivity contribution in [1.29, 1.82) is 0 Å². The van der Waals surface area contributed by atoms with Crippen LogP contribution in [0.15, 0.2) is 29.2 Å². The van der Waals surface area contributed by atoms with Gasteiger partial charge >= 0.3 is 0 Å². The van der Waals surface area contributed by atoms with Gasteiger partial charge in [0, 0.05) is 25.2 Å². The average molecular weight is 328 g/mol. The minimum Gasteiger partial charge on any atom is -0.395 e. The number of hydrogen-bond acceptors (Lipinski definition) is 4. The molecule has 0 bridgehead atoms. The first kappa shape index (κ1) is 15.9. The quantitative estimate of drug-likeness (QED) is 0.901. The SMILES string of the molecule is O=S(=O)(c1ccccc1F)N1CCCCN2[C@H](CO)C[C@@H]2C1. The summed E-state index contributed by atoms with van der Waals surface area (Å²) in [5.74, 6) is -0.705. The van der Waals surface area contributed by atoms with Crippen LogP contribution in [0.4, 0.5) is 4.39 Å². The second-order valence-corrected chi connectivity index (χ2v) is 7.87. The van der Waals surface area contributed by atoms with E-state index in [0.29, 0.717) is 13.1 Å². The van der Waals surface area contributed by atoms with Crippen molar-refractivity contribution < 1.29 is 17.9 Å². The van der Waals surface area contributed by atoms with Crippen molar-refractivity contribution in [2.45, 2.75) is 36.2 Å². The first-order chi connectivity index (χ1) is 10.5. The van der Waals surface area contributed by atoms with E-state index in [1.807, 2.05) is 0 Å². The Labute approximate surface area is 130 Å². The Kier molecular flexibility index (Phi) is 4.49. The summed E-state index contributed by atoms with van der Waals surface area (Å²) in [4.78, 5) is 1.92. The summed E-state index contributed by atoms with van der Waals surface area (Å²) in [7, 11) is -3.81. The third-order valence-electron chi connectivity index (χ3n) is 4.64. The molecule has 1 N–H and O–H groups in total. The average Bonchev–Trinajstić information content (AvgIpc) is 2.46. The molecule has 1 aromatic carbocycles. The molecule has 0 aromatic heterocycles. The first-order valence-electron chi connectivity index (χ1n) is 7.65. The van der Waals surface area contributed by atoms with Crippen LogP contribution in [0.2, 0.25) is 0 Å². The van der Waals surface area contributed by atoms with Crippen molar-refractivity contribution in [1.82, 2.24) is 9.21 Å². The fraction of sp³-hybridized carbons (Fsp3) is 0.600. The highest BCUT2D eigenvalue weighted by molar-refractivity contribution is 7.89. The number of aliphatic hydroxyl groups is 1. The van der Waals surface area contributed by atoms with Gasteiger partial charge in [0.25, 0.3) is 0 Å². The highest BCUT2D eigenvalue weighted by Crippen LogP contribution is 2.30.